The summed E-state index contributed by atoms with van der Waals surface area (Å²) in [7, 11) is 0. The summed E-state index contributed by atoms with van der Waals surface area (Å²) in [6.45, 7) is 0. The number of nitrogens with zero attached hydrogens (tertiary/aromatic N) is 1. The molecule has 1 aliphatic rings. The number of H-pyrrole nitrogens is 1. The molecule has 2 heterocycles. The van der Waals surface area contributed by atoms with E-state index in [1.54, 1.807) is 29.5 Å². The van der Waals surface area contributed by atoms with E-state index in [0.717, 1.165) is 29.5 Å². The van der Waals surface area contributed by atoms with Crippen LogP contribution in [0.1, 0.15) is 36.1 Å². The first-order chi connectivity index (χ1) is 11.6. The largest absolute Gasteiger partial charge is 0.306 e. The molecule has 0 aliphatic heterocycles. The number of hydrogen-bond donors (Lipinski definition) is 1. The summed E-state index contributed by atoms with van der Waals surface area (Å²) in [5, 5.41) is 1.82. The SMILES string of the molecule is O=c1[nH]c(-c2ccc(Cl)cc2Cl)nc2sc3c(c12)CCCCCC3. The van der Waals surface area contributed by atoms with Gasteiger partial charge in [0.25, 0.3) is 5.56 Å². The normalized spacial score (nSPS) is 15.1. The van der Waals surface area contributed by atoms with E-state index < -0.39 is 0 Å². The molecule has 1 N–H and O–H groups in total. The molecule has 4 rings (SSSR count). The zero-order chi connectivity index (χ0) is 16.7. The standard InChI is InChI=1S/C18H16Cl2N2OS/c19-10-7-8-11(13(20)9-10)16-21-17(23)15-12-5-3-1-2-4-6-14(12)24-18(15)22-16/h7-9H,1-6H2,(H,21,22,23). The monoisotopic (exact) mass is 378 g/mol. The number of aromatic amines is 1. The Kier molecular flexibility index (Phi) is 4.37. The van der Waals surface area contributed by atoms with Gasteiger partial charge in [0, 0.05) is 15.5 Å². The number of aryl methyl sites for hydroxylation is 2. The fourth-order valence-electron chi connectivity index (χ4n) is 3.33. The van der Waals surface area contributed by atoms with Gasteiger partial charge in [-0.1, -0.05) is 36.0 Å². The molecule has 2 aromatic heterocycles. The van der Waals surface area contributed by atoms with Gasteiger partial charge in [0.2, 0.25) is 0 Å². The molecular weight excluding hydrogens is 363 g/mol. The van der Waals surface area contributed by atoms with Gasteiger partial charge in [0.15, 0.2) is 0 Å². The topological polar surface area (TPSA) is 45.8 Å². The molecule has 1 aromatic carbocycles. The molecule has 0 saturated heterocycles. The summed E-state index contributed by atoms with van der Waals surface area (Å²) < 4.78 is 0. The van der Waals surface area contributed by atoms with Crippen LogP contribution in [0.15, 0.2) is 23.0 Å². The van der Waals surface area contributed by atoms with Gasteiger partial charge in [-0.3, -0.25) is 4.79 Å². The van der Waals surface area contributed by atoms with Crippen LogP contribution in [-0.4, -0.2) is 9.97 Å². The molecule has 124 valence electrons. The zero-order valence-corrected chi connectivity index (χ0v) is 15.3. The highest BCUT2D eigenvalue weighted by molar-refractivity contribution is 7.18. The maximum atomic E-state index is 12.7. The van der Waals surface area contributed by atoms with E-state index in [0.29, 0.717) is 21.4 Å². The first-order valence-corrected chi connectivity index (χ1v) is 9.71. The van der Waals surface area contributed by atoms with Crippen LogP contribution < -0.4 is 5.56 Å². The molecule has 6 heteroatoms. The van der Waals surface area contributed by atoms with Crippen molar-refractivity contribution >= 4 is 44.8 Å². The van der Waals surface area contributed by atoms with Crippen LogP contribution in [0, 0.1) is 0 Å². The third-order valence-electron chi connectivity index (χ3n) is 4.51. The fraction of sp³-hybridized carbons (Fsp3) is 0.333. The van der Waals surface area contributed by atoms with Gasteiger partial charge in [0.1, 0.15) is 10.7 Å². The second-order valence-corrected chi connectivity index (χ2v) is 8.06. The minimum Gasteiger partial charge on any atom is -0.306 e. The molecule has 0 unspecified atom stereocenters. The van der Waals surface area contributed by atoms with Gasteiger partial charge in [-0.05, 0) is 49.4 Å². The molecule has 0 amide bonds. The van der Waals surface area contributed by atoms with Crippen molar-refractivity contribution in [2.45, 2.75) is 38.5 Å². The molecule has 0 radical (unpaired) electrons. The van der Waals surface area contributed by atoms with Gasteiger partial charge in [-0.2, -0.15) is 0 Å². The summed E-state index contributed by atoms with van der Waals surface area (Å²) in [6, 6.07) is 5.20. The lowest BCUT2D eigenvalue weighted by Gasteiger charge is -2.09. The molecule has 3 nitrogen and oxygen atoms in total. The molecule has 0 fully saturated rings. The van der Waals surface area contributed by atoms with Gasteiger partial charge in [-0.15, -0.1) is 11.3 Å². The van der Waals surface area contributed by atoms with Crippen LogP contribution in [0.4, 0.5) is 0 Å². The van der Waals surface area contributed by atoms with Gasteiger partial charge in [-0.25, -0.2) is 4.98 Å². The number of nitrogens with one attached hydrogen (secondary N) is 1. The third-order valence-corrected chi connectivity index (χ3v) is 6.24. The summed E-state index contributed by atoms with van der Waals surface area (Å²) in [5.41, 5.74) is 1.83. The average Bonchev–Trinajstić information content (AvgIpc) is 2.84. The van der Waals surface area contributed by atoms with E-state index in [2.05, 4.69) is 4.98 Å². The van der Waals surface area contributed by atoms with Crippen molar-refractivity contribution in [3.05, 3.63) is 49.0 Å². The quantitative estimate of drug-likeness (QED) is 0.597. The molecule has 0 saturated carbocycles. The highest BCUT2D eigenvalue weighted by Gasteiger charge is 2.19. The fourth-order valence-corrected chi connectivity index (χ4v) is 5.09. The maximum absolute atomic E-state index is 12.7. The summed E-state index contributed by atoms with van der Waals surface area (Å²) in [6.07, 6.45) is 6.86. The summed E-state index contributed by atoms with van der Waals surface area (Å²) in [4.78, 5) is 22.5. The minimum atomic E-state index is -0.0703. The van der Waals surface area contributed by atoms with E-state index in [4.69, 9.17) is 28.2 Å². The Morgan fingerprint density at radius 3 is 2.67 bits per heavy atom. The van der Waals surface area contributed by atoms with Crippen LogP contribution in [0.2, 0.25) is 10.0 Å². The number of benzene rings is 1. The Balaban J connectivity index is 1.90. The van der Waals surface area contributed by atoms with Gasteiger partial charge < -0.3 is 4.98 Å². The Bertz CT molecular complexity index is 977. The van der Waals surface area contributed by atoms with Crippen molar-refractivity contribution in [3.63, 3.8) is 0 Å². The average molecular weight is 379 g/mol. The number of rotatable bonds is 1. The van der Waals surface area contributed by atoms with Crippen molar-refractivity contribution in [1.82, 2.24) is 9.97 Å². The zero-order valence-electron chi connectivity index (χ0n) is 13.0. The predicted molar refractivity (Wildman–Crippen MR) is 102 cm³/mol. The van der Waals surface area contributed by atoms with Gasteiger partial charge in [0.05, 0.1) is 10.4 Å². The molecule has 3 aromatic rings. The Morgan fingerprint density at radius 2 is 1.88 bits per heavy atom. The molecule has 0 spiro atoms. The molecule has 1 aliphatic carbocycles. The van der Waals surface area contributed by atoms with E-state index in [1.165, 1.54) is 29.7 Å². The summed E-state index contributed by atoms with van der Waals surface area (Å²) in [5.74, 6) is 0.503. The van der Waals surface area contributed by atoms with Gasteiger partial charge >= 0.3 is 0 Å². The molecular formula is C18H16Cl2N2OS. The van der Waals surface area contributed by atoms with Crippen molar-refractivity contribution in [1.29, 1.82) is 0 Å². The van der Waals surface area contributed by atoms with E-state index in [-0.39, 0.29) is 5.56 Å². The Morgan fingerprint density at radius 1 is 1.08 bits per heavy atom. The second-order valence-electron chi connectivity index (χ2n) is 6.14. The van der Waals surface area contributed by atoms with E-state index in [9.17, 15) is 4.79 Å². The number of halogens is 2. The highest BCUT2D eigenvalue weighted by Crippen LogP contribution is 2.34. The molecule has 0 atom stereocenters. The number of fused-ring (bicyclic) bond motifs is 3. The van der Waals surface area contributed by atoms with Crippen molar-refractivity contribution in [2.24, 2.45) is 0 Å². The predicted octanol–water partition coefficient (Wildman–Crippen LogP) is 5.62. The van der Waals surface area contributed by atoms with Crippen molar-refractivity contribution < 1.29 is 0 Å². The number of aromatic nitrogens is 2. The third kappa shape index (κ3) is 2.87. The van der Waals surface area contributed by atoms with E-state index in [1.807, 2.05) is 0 Å². The van der Waals surface area contributed by atoms with Crippen LogP contribution in [0.5, 0.6) is 0 Å². The maximum Gasteiger partial charge on any atom is 0.260 e. The molecule has 0 bridgehead atoms. The van der Waals surface area contributed by atoms with Crippen LogP contribution in [0.25, 0.3) is 21.6 Å². The van der Waals surface area contributed by atoms with Crippen LogP contribution >= 0.6 is 34.5 Å². The Hall–Kier alpha value is -1.36. The molecule has 24 heavy (non-hydrogen) atoms. The van der Waals surface area contributed by atoms with E-state index >= 15 is 0 Å². The second kappa shape index (κ2) is 6.51. The highest BCUT2D eigenvalue weighted by atomic mass is 35.5. The lowest BCUT2D eigenvalue weighted by Crippen LogP contribution is -2.10. The summed E-state index contributed by atoms with van der Waals surface area (Å²) >= 11 is 13.9. The number of hydrogen-bond acceptors (Lipinski definition) is 3. The first kappa shape index (κ1) is 16.1. The smallest absolute Gasteiger partial charge is 0.260 e. The minimum absolute atomic E-state index is 0.0703. The lowest BCUT2D eigenvalue weighted by atomic mass is 9.98. The Labute approximate surface area is 153 Å². The van der Waals surface area contributed by atoms with Crippen molar-refractivity contribution in [2.75, 3.05) is 0 Å². The van der Waals surface area contributed by atoms with Crippen LogP contribution in [-0.2, 0) is 12.8 Å². The van der Waals surface area contributed by atoms with Crippen molar-refractivity contribution in [3.8, 4) is 11.4 Å². The first-order valence-electron chi connectivity index (χ1n) is 8.13. The van der Waals surface area contributed by atoms with Crippen LogP contribution in [0.3, 0.4) is 0 Å². The lowest BCUT2D eigenvalue weighted by molar-refractivity contribution is 0.623. The number of thiophene rings is 1.